The number of ether oxygens (including phenoxy) is 1. The first kappa shape index (κ1) is 14.6. The Hall–Kier alpha value is -3.01. The van der Waals surface area contributed by atoms with Crippen molar-refractivity contribution < 1.29 is 9.15 Å². The SMILES string of the molecule is O=c1oc2ccccc2n1CCCOc1cccc2ccccc12. The molecule has 0 aliphatic rings. The monoisotopic (exact) mass is 319 g/mol. The van der Waals surface area contributed by atoms with Gasteiger partial charge in [-0.1, -0.05) is 48.5 Å². The summed E-state index contributed by atoms with van der Waals surface area (Å²) in [5.74, 6) is 0.554. The number of para-hydroxylation sites is 2. The van der Waals surface area contributed by atoms with E-state index in [4.69, 9.17) is 9.15 Å². The zero-order valence-corrected chi connectivity index (χ0v) is 13.1. The molecule has 1 heterocycles. The average Bonchev–Trinajstić information content (AvgIpc) is 2.94. The summed E-state index contributed by atoms with van der Waals surface area (Å²) in [5, 5.41) is 2.26. The van der Waals surface area contributed by atoms with Crippen molar-refractivity contribution in [2.24, 2.45) is 0 Å². The number of rotatable bonds is 5. The minimum Gasteiger partial charge on any atom is -0.493 e. The zero-order valence-electron chi connectivity index (χ0n) is 13.1. The van der Waals surface area contributed by atoms with Crippen LogP contribution < -0.4 is 10.5 Å². The number of oxazole rings is 1. The first-order valence-electron chi connectivity index (χ1n) is 8.02. The summed E-state index contributed by atoms with van der Waals surface area (Å²) >= 11 is 0. The average molecular weight is 319 g/mol. The topological polar surface area (TPSA) is 44.4 Å². The molecule has 4 aromatic rings. The lowest BCUT2D eigenvalue weighted by molar-refractivity contribution is 0.303. The molecule has 0 unspecified atom stereocenters. The van der Waals surface area contributed by atoms with Crippen LogP contribution in [0.5, 0.6) is 5.75 Å². The van der Waals surface area contributed by atoms with Crippen LogP contribution >= 0.6 is 0 Å². The van der Waals surface area contributed by atoms with E-state index in [1.54, 1.807) is 10.6 Å². The number of aryl methyl sites for hydroxylation is 1. The van der Waals surface area contributed by atoms with Crippen LogP contribution in [0.25, 0.3) is 21.9 Å². The minimum absolute atomic E-state index is 0.318. The first-order valence-corrected chi connectivity index (χ1v) is 8.02. The number of fused-ring (bicyclic) bond motifs is 2. The Morgan fingerprint density at radius 1 is 0.917 bits per heavy atom. The highest BCUT2D eigenvalue weighted by atomic mass is 16.5. The number of hydrogen-bond acceptors (Lipinski definition) is 3. The molecule has 3 aromatic carbocycles. The molecule has 0 radical (unpaired) electrons. The van der Waals surface area contributed by atoms with Gasteiger partial charge >= 0.3 is 5.76 Å². The van der Waals surface area contributed by atoms with Gasteiger partial charge in [0.1, 0.15) is 5.75 Å². The molecule has 0 aliphatic heterocycles. The molecule has 0 saturated heterocycles. The smallest absolute Gasteiger partial charge is 0.419 e. The second kappa shape index (κ2) is 6.24. The van der Waals surface area contributed by atoms with Crippen LogP contribution in [0.4, 0.5) is 0 Å². The van der Waals surface area contributed by atoms with E-state index >= 15 is 0 Å². The molecule has 0 N–H and O–H groups in total. The van der Waals surface area contributed by atoms with Crippen molar-refractivity contribution in [3.05, 3.63) is 77.3 Å². The summed E-state index contributed by atoms with van der Waals surface area (Å²) in [6.07, 6.45) is 0.729. The summed E-state index contributed by atoms with van der Waals surface area (Å²) in [5.41, 5.74) is 1.45. The fourth-order valence-corrected chi connectivity index (χ4v) is 2.95. The molecule has 0 bridgehead atoms. The lowest BCUT2D eigenvalue weighted by Gasteiger charge is -2.09. The van der Waals surface area contributed by atoms with Crippen molar-refractivity contribution in [1.82, 2.24) is 4.57 Å². The van der Waals surface area contributed by atoms with E-state index < -0.39 is 0 Å². The van der Waals surface area contributed by atoms with E-state index in [0.29, 0.717) is 18.7 Å². The molecule has 0 amide bonds. The lowest BCUT2D eigenvalue weighted by atomic mass is 10.1. The Labute approximate surface area is 138 Å². The predicted octanol–water partition coefficient (Wildman–Crippen LogP) is 4.22. The third-order valence-electron chi connectivity index (χ3n) is 4.11. The van der Waals surface area contributed by atoms with Crippen LogP contribution in [-0.4, -0.2) is 11.2 Å². The van der Waals surface area contributed by atoms with Gasteiger partial charge < -0.3 is 9.15 Å². The van der Waals surface area contributed by atoms with Crippen molar-refractivity contribution in [3.63, 3.8) is 0 Å². The van der Waals surface area contributed by atoms with E-state index in [1.807, 2.05) is 42.5 Å². The van der Waals surface area contributed by atoms with Crippen molar-refractivity contribution in [2.75, 3.05) is 6.61 Å². The molecule has 1 aromatic heterocycles. The molecule has 0 spiro atoms. The fourth-order valence-electron chi connectivity index (χ4n) is 2.95. The molecular weight excluding hydrogens is 302 g/mol. The molecule has 120 valence electrons. The van der Waals surface area contributed by atoms with E-state index in [9.17, 15) is 4.79 Å². The van der Waals surface area contributed by atoms with Gasteiger partial charge in [0, 0.05) is 11.9 Å². The van der Waals surface area contributed by atoms with Gasteiger partial charge in [0.2, 0.25) is 0 Å². The summed E-state index contributed by atoms with van der Waals surface area (Å²) in [7, 11) is 0. The summed E-state index contributed by atoms with van der Waals surface area (Å²) in [6.45, 7) is 1.11. The molecule has 0 atom stereocenters. The summed E-state index contributed by atoms with van der Waals surface area (Å²) in [4.78, 5) is 11.9. The second-order valence-electron chi connectivity index (χ2n) is 5.67. The maximum Gasteiger partial charge on any atom is 0.419 e. The first-order chi connectivity index (χ1) is 11.8. The van der Waals surface area contributed by atoms with Gasteiger partial charge in [-0.2, -0.15) is 0 Å². The van der Waals surface area contributed by atoms with E-state index in [1.165, 1.54) is 0 Å². The Morgan fingerprint density at radius 2 is 1.71 bits per heavy atom. The maximum absolute atomic E-state index is 11.9. The van der Waals surface area contributed by atoms with Gasteiger partial charge in [-0.15, -0.1) is 0 Å². The van der Waals surface area contributed by atoms with Crippen LogP contribution in [-0.2, 0) is 6.54 Å². The molecule has 0 saturated carbocycles. The van der Waals surface area contributed by atoms with Gasteiger partial charge in [0.15, 0.2) is 5.58 Å². The number of aromatic nitrogens is 1. The molecule has 24 heavy (non-hydrogen) atoms. The normalized spacial score (nSPS) is 11.2. The second-order valence-corrected chi connectivity index (χ2v) is 5.67. The Balaban J connectivity index is 1.46. The number of nitrogens with zero attached hydrogens (tertiary/aromatic N) is 1. The molecular formula is C20H17NO3. The Kier molecular flexibility index (Phi) is 3.79. The quantitative estimate of drug-likeness (QED) is 0.517. The predicted molar refractivity (Wildman–Crippen MR) is 94.5 cm³/mol. The third kappa shape index (κ3) is 2.67. The number of hydrogen-bond donors (Lipinski definition) is 0. The maximum atomic E-state index is 11.9. The van der Waals surface area contributed by atoms with Gasteiger partial charge in [-0.25, -0.2) is 4.79 Å². The van der Waals surface area contributed by atoms with E-state index in [0.717, 1.165) is 28.5 Å². The largest absolute Gasteiger partial charge is 0.493 e. The highest BCUT2D eigenvalue weighted by Crippen LogP contribution is 2.25. The summed E-state index contributed by atoms with van der Waals surface area (Å²) < 4.78 is 12.8. The van der Waals surface area contributed by atoms with E-state index in [-0.39, 0.29) is 5.76 Å². The molecule has 4 heteroatoms. The van der Waals surface area contributed by atoms with Crippen LogP contribution in [0.3, 0.4) is 0 Å². The molecule has 0 fully saturated rings. The lowest BCUT2D eigenvalue weighted by Crippen LogP contribution is -2.15. The highest BCUT2D eigenvalue weighted by Gasteiger charge is 2.08. The van der Waals surface area contributed by atoms with Crippen molar-refractivity contribution in [2.45, 2.75) is 13.0 Å². The zero-order chi connectivity index (χ0) is 16.4. The van der Waals surface area contributed by atoms with Crippen molar-refractivity contribution in [3.8, 4) is 5.75 Å². The Morgan fingerprint density at radius 3 is 2.67 bits per heavy atom. The molecule has 4 rings (SSSR count). The van der Waals surface area contributed by atoms with Crippen LogP contribution in [0.2, 0.25) is 0 Å². The fraction of sp³-hybridized carbons (Fsp3) is 0.150. The van der Waals surface area contributed by atoms with Gasteiger partial charge in [0.25, 0.3) is 0 Å². The van der Waals surface area contributed by atoms with Crippen molar-refractivity contribution in [1.29, 1.82) is 0 Å². The number of benzene rings is 3. The highest BCUT2D eigenvalue weighted by molar-refractivity contribution is 5.88. The standard InChI is InChI=1S/C20H17NO3/c22-20-21(17-10-3-4-11-19(17)24-20)13-6-14-23-18-12-5-8-15-7-1-2-9-16(15)18/h1-5,7-12H,6,13-14H2. The Bertz CT molecular complexity index is 1040. The van der Waals surface area contributed by atoms with Crippen molar-refractivity contribution >= 4 is 21.9 Å². The van der Waals surface area contributed by atoms with Gasteiger partial charge in [-0.3, -0.25) is 4.57 Å². The minimum atomic E-state index is -0.318. The van der Waals surface area contributed by atoms with Crippen LogP contribution in [0.1, 0.15) is 6.42 Å². The third-order valence-corrected chi connectivity index (χ3v) is 4.11. The summed E-state index contributed by atoms with van der Waals surface area (Å²) in [6, 6.07) is 21.6. The van der Waals surface area contributed by atoms with Crippen LogP contribution in [0.15, 0.2) is 75.9 Å². The molecule has 4 nitrogen and oxygen atoms in total. The van der Waals surface area contributed by atoms with E-state index in [2.05, 4.69) is 18.2 Å². The van der Waals surface area contributed by atoms with Crippen LogP contribution in [0, 0.1) is 0 Å². The molecule has 0 aliphatic carbocycles. The van der Waals surface area contributed by atoms with Gasteiger partial charge in [0.05, 0.1) is 12.1 Å². The van der Waals surface area contributed by atoms with Gasteiger partial charge in [-0.05, 0) is 30.0 Å².